The first-order valence-electron chi connectivity index (χ1n) is 15.6. The lowest BCUT2D eigenvalue weighted by molar-refractivity contribution is -0.147. The number of aliphatic hydroxyl groups excluding tert-OH is 2. The molecule has 2 heterocycles. The number of benzene rings is 3. The first-order chi connectivity index (χ1) is 23.7. The number of ether oxygens (including phenoxy) is 3. The Balaban J connectivity index is 1.19. The molecule has 1 aromatic heterocycles. The number of hydrogen-bond donors (Lipinski definition) is 5. The van der Waals surface area contributed by atoms with Gasteiger partial charge in [0.2, 0.25) is 5.91 Å². The summed E-state index contributed by atoms with van der Waals surface area (Å²) in [6, 6.07) is 22.6. The Bertz CT molecular complexity index is 1900. The number of esters is 1. The van der Waals surface area contributed by atoms with Gasteiger partial charge >= 0.3 is 17.8 Å². The molecule has 0 bridgehead atoms. The summed E-state index contributed by atoms with van der Waals surface area (Å²) in [7, 11) is 0. The van der Waals surface area contributed by atoms with Crippen molar-refractivity contribution >= 4 is 18.0 Å². The summed E-state index contributed by atoms with van der Waals surface area (Å²) in [6.07, 6.45) is -4.57. The number of carbonyl (C=O) groups excluding carboxylic acids is 3. The van der Waals surface area contributed by atoms with Crippen LogP contribution in [0.5, 0.6) is 0 Å². The van der Waals surface area contributed by atoms with Crippen LogP contribution in [0.1, 0.15) is 35.3 Å². The molecule has 6 rings (SSSR count). The molecule has 0 spiro atoms. The second kappa shape index (κ2) is 14.7. The Morgan fingerprint density at radius 3 is 2.20 bits per heavy atom. The van der Waals surface area contributed by atoms with Crippen LogP contribution in [0.25, 0.3) is 11.1 Å². The molecular weight excluding hydrogens is 636 g/mol. The van der Waals surface area contributed by atoms with Crippen LogP contribution in [0, 0.1) is 0 Å². The van der Waals surface area contributed by atoms with Gasteiger partial charge in [-0.3, -0.25) is 23.9 Å². The second-order valence-electron chi connectivity index (χ2n) is 11.7. The molecule has 1 fully saturated rings. The molecule has 14 nitrogen and oxygen atoms in total. The van der Waals surface area contributed by atoms with Gasteiger partial charge in [0.05, 0.1) is 13.0 Å². The predicted molar refractivity (Wildman–Crippen MR) is 173 cm³/mol. The number of nitrogens with one attached hydrogen (secondary N) is 3. The molecule has 1 aliphatic carbocycles. The van der Waals surface area contributed by atoms with E-state index in [0.29, 0.717) is 5.56 Å². The molecule has 4 unspecified atom stereocenters. The standard InChI is InChI=1S/C35H34N4O10/c40-17-27-31(43)30(33(49-27)39-15-14-28(41)37-34(39)45)38-32(44)26(16-29(42)47-18-20-8-2-1-3-9-20)36-35(46)48-19-25-23-12-6-4-10-21(23)22-11-5-7-13-24(22)25/h1-15,25-27,30-31,33,40,43H,16-19H2,(H,36,46)(H,38,44)(H,37,41,45)/t26-,27?,30?,31?,33?/m1/s1. The minimum Gasteiger partial charge on any atom is -0.461 e. The summed E-state index contributed by atoms with van der Waals surface area (Å²) < 4.78 is 17.5. The normalized spacial score (nSPS) is 20.1. The first-order valence-corrected chi connectivity index (χ1v) is 15.6. The zero-order valence-corrected chi connectivity index (χ0v) is 26.1. The Hall–Kier alpha value is -5.57. The van der Waals surface area contributed by atoms with E-state index in [4.69, 9.17) is 14.2 Å². The molecule has 3 aromatic carbocycles. The maximum absolute atomic E-state index is 13.7. The van der Waals surface area contributed by atoms with Crippen LogP contribution in [-0.4, -0.2) is 75.2 Å². The first kappa shape index (κ1) is 33.3. The van der Waals surface area contributed by atoms with Gasteiger partial charge in [-0.15, -0.1) is 0 Å². The zero-order chi connectivity index (χ0) is 34.5. The largest absolute Gasteiger partial charge is 0.461 e. The van der Waals surface area contributed by atoms with E-state index in [1.165, 1.54) is 0 Å². The van der Waals surface area contributed by atoms with Crippen molar-refractivity contribution in [3.63, 3.8) is 0 Å². The van der Waals surface area contributed by atoms with E-state index >= 15 is 0 Å². The monoisotopic (exact) mass is 670 g/mol. The number of aromatic amines is 1. The number of aliphatic hydroxyl groups is 2. The number of nitrogens with zero attached hydrogens (tertiary/aromatic N) is 1. The van der Waals surface area contributed by atoms with Crippen molar-refractivity contribution in [3.05, 3.63) is 129 Å². The van der Waals surface area contributed by atoms with E-state index in [1.54, 1.807) is 30.3 Å². The molecule has 1 aliphatic heterocycles. The predicted octanol–water partition coefficient (Wildman–Crippen LogP) is 1.31. The molecule has 2 amide bonds. The third kappa shape index (κ3) is 7.31. The molecule has 4 aromatic rings. The zero-order valence-electron chi connectivity index (χ0n) is 26.1. The van der Waals surface area contributed by atoms with Crippen LogP contribution in [0.2, 0.25) is 0 Å². The summed E-state index contributed by atoms with van der Waals surface area (Å²) in [5.41, 5.74) is 3.15. The number of carbonyl (C=O) groups is 3. The van der Waals surface area contributed by atoms with Crippen molar-refractivity contribution in [2.75, 3.05) is 13.2 Å². The Kier molecular flexibility index (Phi) is 9.99. The van der Waals surface area contributed by atoms with E-state index < -0.39 is 72.8 Å². The highest BCUT2D eigenvalue weighted by atomic mass is 16.6. The van der Waals surface area contributed by atoms with Gasteiger partial charge in [0.15, 0.2) is 6.23 Å². The number of H-pyrrole nitrogens is 1. The Morgan fingerprint density at radius 2 is 1.55 bits per heavy atom. The van der Waals surface area contributed by atoms with Crippen LogP contribution >= 0.6 is 0 Å². The average Bonchev–Trinajstić information content (AvgIpc) is 3.60. The van der Waals surface area contributed by atoms with Crippen molar-refractivity contribution in [1.82, 2.24) is 20.2 Å². The second-order valence-corrected chi connectivity index (χ2v) is 11.7. The maximum Gasteiger partial charge on any atom is 0.407 e. The number of alkyl carbamates (subject to hydrolysis) is 1. The third-order valence-electron chi connectivity index (χ3n) is 8.55. The average molecular weight is 671 g/mol. The quantitative estimate of drug-likeness (QED) is 0.145. The number of fused-ring (bicyclic) bond motifs is 3. The van der Waals surface area contributed by atoms with Gasteiger partial charge in [-0.05, 0) is 27.8 Å². The fourth-order valence-corrected chi connectivity index (χ4v) is 6.14. The summed E-state index contributed by atoms with van der Waals surface area (Å²) >= 11 is 0. The molecule has 2 aliphatic rings. The van der Waals surface area contributed by atoms with Crippen molar-refractivity contribution in [2.45, 2.75) is 49.5 Å². The minimum atomic E-state index is -1.55. The molecule has 14 heteroatoms. The highest BCUT2D eigenvalue weighted by Crippen LogP contribution is 2.44. The smallest absolute Gasteiger partial charge is 0.407 e. The summed E-state index contributed by atoms with van der Waals surface area (Å²) in [5.74, 6) is -2.01. The van der Waals surface area contributed by atoms with Crippen molar-refractivity contribution in [1.29, 1.82) is 0 Å². The van der Waals surface area contributed by atoms with Gasteiger partial charge in [0.25, 0.3) is 5.56 Å². The number of amides is 2. The van der Waals surface area contributed by atoms with E-state index in [-0.39, 0.29) is 19.1 Å². The molecule has 0 saturated carbocycles. The Morgan fingerprint density at radius 1 is 0.898 bits per heavy atom. The fraction of sp³-hybridized carbons (Fsp3) is 0.286. The highest BCUT2D eigenvalue weighted by molar-refractivity contribution is 5.90. The lowest BCUT2D eigenvalue weighted by Gasteiger charge is -2.26. The molecule has 49 heavy (non-hydrogen) atoms. The van der Waals surface area contributed by atoms with Crippen LogP contribution in [0.15, 0.2) is 101 Å². The highest BCUT2D eigenvalue weighted by Gasteiger charge is 2.46. The third-order valence-corrected chi connectivity index (χ3v) is 8.55. The van der Waals surface area contributed by atoms with E-state index in [9.17, 15) is 34.2 Å². The fourth-order valence-electron chi connectivity index (χ4n) is 6.14. The van der Waals surface area contributed by atoms with Crippen LogP contribution in [-0.2, 0) is 30.4 Å². The molecule has 5 N–H and O–H groups in total. The van der Waals surface area contributed by atoms with Gasteiger partial charge < -0.3 is 35.1 Å². The lowest BCUT2D eigenvalue weighted by Crippen LogP contribution is -2.55. The van der Waals surface area contributed by atoms with Crippen molar-refractivity contribution in [3.8, 4) is 11.1 Å². The molecule has 5 atom stereocenters. The summed E-state index contributed by atoms with van der Waals surface area (Å²) in [4.78, 5) is 66.1. The number of rotatable bonds is 11. The molecule has 254 valence electrons. The van der Waals surface area contributed by atoms with E-state index in [0.717, 1.165) is 39.1 Å². The van der Waals surface area contributed by atoms with Gasteiger partial charge in [0.1, 0.15) is 37.5 Å². The van der Waals surface area contributed by atoms with Gasteiger partial charge in [-0.1, -0.05) is 78.9 Å². The number of aromatic nitrogens is 2. The van der Waals surface area contributed by atoms with Crippen LogP contribution in [0.3, 0.4) is 0 Å². The van der Waals surface area contributed by atoms with Crippen LogP contribution < -0.4 is 21.9 Å². The minimum absolute atomic E-state index is 0.0583. The Labute approximate surface area is 279 Å². The maximum atomic E-state index is 13.7. The van der Waals surface area contributed by atoms with E-state index in [2.05, 4.69) is 15.6 Å². The van der Waals surface area contributed by atoms with Gasteiger partial charge in [-0.25, -0.2) is 9.59 Å². The topological polar surface area (TPSA) is 198 Å². The molecular formula is C35H34N4O10. The van der Waals surface area contributed by atoms with E-state index in [1.807, 2.05) is 48.5 Å². The van der Waals surface area contributed by atoms with Gasteiger partial charge in [0, 0.05) is 18.2 Å². The van der Waals surface area contributed by atoms with Crippen molar-refractivity contribution in [2.24, 2.45) is 0 Å². The molecule has 0 radical (unpaired) electrons. The number of hydrogen-bond acceptors (Lipinski definition) is 10. The summed E-state index contributed by atoms with van der Waals surface area (Å²) in [5, 5.41) is 25.6. The lowest BCUT2D eigenvalue weighted by atomic mass is 9.98. The van der Waals surface area contributed by atoms with Gasteiger partial charge in [-0.2, -0.15) is 0 Å². The SMILES string of the molecule is O=C(C[C@@H](NC(=O)OCC1c2ccccc2-c2ccccc21)C(=O)NC1C(O)C(CO)OC1n1ccc(=O)[nH]c1=O)OCc1ccccc1. The summed E-state index contributed by atoms with van der Waals surface area (Å²) in [6.45, 7) is -0.796. The molecule has 1 saturated heterocycles. The van der Waals surface area contributed by atoms with Crippen LogP contribution in [0.4, 0.5) is 4.79 Å². The van der Waals surface area contributed by atoms with Crippen molar-refractivity contribution < 1.29 is 38.8 Å².